The maximum absolute atomic E-state index is 10.6. The zero-order valence-electron chi connectivity index (χ0n) is 11.5. The third-order valence-electron chi connectivity index (χ3n) is 1.43. The van der Waals surface area contributed by atoms with Crippen molar-refractivity contribution in [2.45, 2.75) is 53.4 Å². The maximum Gasteiger partial charge on any atom is 0.325 e. The Kier molecular flexibility index (Phi) is 23.4. The van der Waals surface area contributed by atoms with Gasteiger partial charge in [0.25, 0.3) is 0 Å². The van der Waals surface area contributed by atoms with Crippen LogP contribution in [0.5, 0.6) is 0 Å². The third kappa shape index (κ3) is 29.2. The zero-order valence-corrected chi connectivity index (χ0v) is 12.4. The van der Waals surface area contributed by atoms with E-state index in [0.29, 0.717) is 13.2 Å². The van der Waals surface area contributed by atoms with Crippen LogP contribution < -0.4 is 5.73 Å². The van der Waals surface area contributed by atoms with Crippen LogP contribution in [0.15, 0.2) is 0 Å². The summed E-state index contributed by atoms with van der Waals surface area (Å²) < 4.78 is 15.3. The first kappa shape index (κ1) is 21.4. The monoisotopic (exact) mass is 255 g/mol. The molecule has 0 aliphatic heterocycles. The molecule has 0 aromatic carbocycles. The van der Waals surface area contributed by atoms with Crippen molar-refractivity contribution in [3.8, 4) is 0 Å². The molecular formula is C11H30NO3P. The molecule has 0 aromatic rings. The van der Waals surface area contributed by atoms with Crippen LogP contribution in [0.25, 0.3) is 0 Å². The van der Waals surface area contributed by atoms with Gasteiger partial charge in [0.05, 0.1) is 6.61 Å². The van der Waals surface area contributed by atoms with Crippen LogP contribution in [-0.4, -0.2) is 24.7 Å². The number of hydrogen-bond donors (Lipinski definition) is 2. The lowest BCUT2D eigenvalue weighted by Gasteiger charge is -2.05. The molecule has 16 heavy (non-hydrogen) atoms. The lowest BCUT2D eigenvalue weighted by Crippen LogP contribution is -1.98. The van der Waals surface area contributed by atoms with Gasteiger partial charge in [-0.3, -0.25) is 4.57 Å². The number of unbranched alkanes of at least 4 members (excludes halogenated alkanes) is 3. The summed E-state index contributed by atoms with van der Waals surface area (Å²) in [6.07, 6.45) is 3.93. The predicted octanol–water partition coefficient (Wildman–Crippen LogP) is 3.39. The standard InChI is InChI=1S/C7H18NO3P.2C2H6/c1-12(9,10)11-7-5-3-2-4-6-8;2*1-2/h2-8H2,1H3,(H,9,10);2*1-2H3. The fourth-order valence-corrected chi connectivity index (χ4v) is 1.30. The van der Waals surface area contributed by atoms with Gasteiger partial charge in [0.15, 0.2) is 0 Å². The van der Waals surface area contributed by atoms with Crippen molar-refractivity contribution in [3.63, 3.8) is 0 Å². The van der Waals surface area contributed by atoms with Crippen LogP contribution in [-0.2, 0) is 9.09 Å². The molecule has 0 bridgehead atoms. The minimum absolute atomic E-state index is 0.370. The summed E-state index contributed by atoms with van der Waals surface area (Å²) in [7, 11) is -3.25. The van der Waals surface area contributed by atoms with Gasteiger partial charge in [0.1, 0.15) is 0 Å². The minimum Gasteiger partial charge on any atom is -0.330 e. The molecule has 0 radical (unpaired) electrons. The second kappa shape index (κ2) is 17.5. The van der Waals surface area contributed by atoms with Gasteiger partial charge in [-0.1, -0.05) is 40.5 Å². The van der Waals surface area contributed by atoms with Gasteiger partial charge in [-0.05, 0) is 19.4 Å². The van der Waals surface area contributed by atoms with Crippen molar-refractivity contribution in [1.82, 2.24) is 0 Å². The number of nitrogens with two attached hydrogens (primary N) is 1. The third-order valence-corrected chi connectivity index (χ3v) is 2.09. The highest BCUT2D eigenvalue weighted by Gasteiger charge is 2.07. The van der Waals surface area contributed by atoms with Crippen molar-refractivity contribution < 1.29 is 14.0 Å². The summed E-state index contributed by atoms with van der Waals surface area (Å²) in [4.78, 5) is 8.73. The van der Waals surface area contributed by atoms with E-state index in [9.17, 15) is 4.57 Å². The van der Waals surface area contributed by atoms with Gasteiger partial charge in [-0.25, -0.2) is 0 Å². The van der Waals surface area contributed by atoms with Gasteiger partial charge < -0.3 is 15.2 Å². The molecule has 0 amide bonds. The highest BCUT2D eigenvalue weighted by atomic mass is 31.2. The molecule has 0 saturated heterocycles. The summed E-state index contributed by atoms with van der Waals surface area (Å²) in [5.41, 5.74) is 5.30. The Balaban J connectivity index is -0.000000376. The molecule has 0 aromatic heterocycles. The van der Waals surface area contributed by atoms with Crippen molar-refractivity contribution in [1.29, 1.82) is 0 Å². The average molecular weight is 255 g/mol. The second-order valence-electron chi connectivity index (χ2n) is 2.84. The fourth-order valence-electron chi connectivity index (χ4n) is 0.834. The molecule has 0 rings (SSSR count). The summed E-state index contributed by atoms with van der Waals surface area (Å²) in [5.74, 6) is 0. The quantitative estimate of drug-likeness (QED) is 0.540. The highest BCUT2D eigenvalue weighted by molar-refractivity contribution is 7.51. The van der Waals surface area contributed by atoms with Crippen molar-refractivity contribution in [2.75, 3.05) is 19.8 Å². The van der Waals surface area contributed by atoms with Crippen molar-refractivity contribution >= 4 is 7.60 Å². The Morgan fingerprint density at radius 1 is 1.06 bits per heavy atom. The van der Waals surface area contributed by atoms with E-state index in [-0.39, 0.29) is 0 Å². The van der Waals surface area contributed by atoms with E-state index in [1.165, 1.54) is 6.66 Å². The molecule has 1 atom stereocenters. The lowest BCUT2D eigenvalue weighted by molar-refractivity contribution is 0.257. The van der Waals surface area contributed by atoms with E-state index in [2.05, 4.69) is 4.52 Å². The molecule has 102 valence electrons. The molecule has 0 heterocycles. The first-order valence-corrected chi connectivity index (χ1v) is 8.23. The normalized spacial score (nSPS) is 12.7. The van der Waals surface area contributed by atoms with E-state index >= 15 is 0 Å². The summed E-state index contributed by atoms with van der Waals surface area (Å²) >= 11 is 0. The van der Waals surface area contributed by atoms with Crippen LogP contribution in [0, 0.1) is 0 Å². The highest BCUT2D eigenvalue weighted by Crippen LogP contribution is 2.36. The molecule has 3 N–H and O–H groups in total. The van der Waals surface area contributed by atoms with E-state index in [1.807, 2.05) is 27.7 Å². The molecule has 4 nitrogen and oxygen atoms in total. The lowest BCUT2D eigenvalue weighted by atomic mass is 10.2. The Hall–Kier alpha value is 0.110. The molecule has 1 unspecified atom stereocenters. The van der Waals surface area contributed by atoms with Gasteiger partial charge >= 0.3 is 7.60 Å². The Bertz CT molecular complexity index is 148. The first-order valence-electron chi connectivity index (χ1n) is 6.21. The average Bonchev–Trinajstić information content (AvgIpc) is 2.27. The summed E-state index contributed by atoms with van der Waals surface area (Å²) in [5, 5.41) is 0. The van der Waals surface area contributed by atoms with E-state index < -0.39 is 7.60 Å². The summed E-state index contributed by atoms with van der Waals surface area (Å²) in [6.45, 7) is 10.3. The predicted molar refractivity (Wildman–Crippen MR) is 71.9 cm³/mol. The molecule has 0 aliphatic carbocycles. The Morgan fingerprint density at radius 2 is 1.50 bits per heavy atom. The smallest absolute Gasteiger partial charge is 0.325 e. The minimum atomic E-state index is -3.25. The van der Waals surface area contributed by atoms with Crippen LogP contribution in [0.2, 0.25) is 0 Å². The van der Waals surface area contributed by atoms with Crippen LogP contribution >= 0.6 is 7.60 Å². The SMILES string of the molecule is CC.CC.CP(=O)(O)OCCCCCCN. The van der Waals surface area contributed by atoms with Gasteiger partial charge in [-0.2, -0.15) is 0 Å². The van der Waals surface area contributed by atoms with Crippen LogP contribution in [0.1, 0.15) is 53.4 Å². The van der Waals surface area contributed by atoms with Crippen molar-refractivity contribution in [3.05, 3.63) is 0 Å². The molecule has 0 saturated carbocycles. The second-order valence-corrected chi connectivity index (χ2v) is 4.70. The van der Waals surface area contributed by atoms with Crippen LogP contribution in [0.3, 0.4) is 0 Å². The fraction of sp³-hybridized carbons (Fsp3) is 1.00. The first-order chi connectivity index (χ1) is 7.56. The zero-order chi connectivity index (χ0) is 13.4. The molecular weight excluding hydrogens is 225 g/mol. The van der Waals surface area contributed by atoms with E-state index in [0.717, 1.165) is 25.7 Å². The number of hydrogen-bond acceptors (Lipinski definition) is 3. The molecule has 5 heteroatoms. The Labute approximate surface area is 101 Å². The van der Waals surface area contributed by atoms with E-state index in [1.54, 1.807) is 0 Å². The molecule has 0 aliphatic rings. The van der Waals surface area contributed by atoms with Gasteiger partial charge in [-0.15, -0.1) is 0 Å². The number of rotatable bonds is 7. The molecule has 0 spiro atoms. The van der Waals surface area contributed by atoms with Crippen LogP contribution in [0.4, 0.5) is 0 Å². The van der Waals surface area contributed by atoms with Gasteiger partial charge in [0, 0.05) is 6.66 Å². The van der Waals surface area contributed by atoms with E-state index in [4.69, 9.17) is 10.6 Å². The van der Waals surface area contributed by atoms with Gasteiger partial charge in [0.2, 0.25) is 0 Å². The maximum atomic E-state index is 10.6. The summed E-state index contributed by atoms with van der Waals surface area (Å²) in [6, 6.07) is 0. The topological polar surface area (TPSA) is 72.5 Å². The largest absolute Gasteiger partial charge is 0.330 e. The molecule has 0 fully saturated rings. The Morgan fingerprint density at radius 3 is 1.88 bits per heavy atom. The van der Waals surface area contributed by atoms with Crippen molar-refractivity contribution in [2.24, 2.45) is 5.73 Å².